The van der Waals surface area contributed by atoms with Crippen molar-refractivity contribution in [1.29, 1.82) is 0 Å². The quantitative estimate of drug-likeness (QED) is 0.737. The first-order chi connectivity index (χ1) is 7.22. The maximum atomic E-state index is 9.46. The lowest BCUT2D eigenvalue weighted by atomic mass is 10.0. The van der Waals surface area contributed by atoms with Crippen LogP contribution in [-0.2, 0) is 0 Å². The van der Waals surface area contributed by atoms with Gasteiger partial charge in [0, 0.05) is 31.2 Å². The normalized spacial score (nSPS) is 36.2. The Hall–Kier alpha value is -0.120. The Morgan fingerprint density at radius 2 is 1.87 bits per heavy atom. The molecule has 2 rings (SSSR count). The van der Waals surface area contributed by atoms with E-state index >= 15 is 0 Å². The molecule has 2 atom stereocenters. The summed E-state index contributed by atoms with van der Waals surface area (Å²) in [4.78, 5) is 4.93. The molecule has 3 heteroatoms. The minimum absolute atomic E-state index is 0.313. The zero-order chi connectivity index (χ0) is 10.8. The van der Waals surface area contributed by atoms with E-state index in [1.807, 2.05) is 0 Å². The number of hydrogen-bond acceptors (Lipinski definition) is 3. The standard InChI is InChI=1S/C12H24N2O/c1-10-7-14(11-5-3-4-6-11)12(9-15)8-13(10)2/h10-12,15H,3-9H2,1-2H3. The monoisotopic (exact) mass is 212 g/mol. The topological polar surface area (TPSA) is 26.7 Å². The van der Waals surface area contributed by atoms with Crippen molar-refractivity contribution in [2.45, 2.75) is 50.7 Å². The first-order valence-electron chi connectivity index (χ1n) is 6.29. The summed E-state index contributed by atoms with van der Waals surface area (Å²) >= 11 is 0. The fourth-order valence-electron chi connectivity index (χ4n) is 3.06. The average molecular weight is 212 g/mol. The van der Waals surface area contributed by atoms with Crippen LogP contribution in [0.2, 0.25) is 0 Å². The summed E-state index contributed by atoms with van der Waals surface area (Å²) in [6.07, 6.45) is 5.44. The van der Waals surface area contributed by atoms with Crippen molar-refractivity contribution in [3.8, 4) is 0 Å². The molecule has 1 saturated heterocycles. The molecule has 2 unspecified atom stereocenters. The zero-order valence-corrected chi connectivity index (χ0v) is 10.0. The molecule has 1 aliphatic carbocycles. The predicted octanol–water partition coefficient (Wildman–Crippen LogP) is 0.926. The highest BCUT2D eigenvalue weighted by molar-refractivity contribution is 4.90. The van der Waals surface area contributed by atoms with Gasteiger partial charge in [0.2, 0.25) is 0 Å². The molecule has 1 N–H and O–H groups in total. The smallest absolute Gasteiger partial charge is 0.0599 e. The molecule has 0 bridgehead atoms. The average Bonchev–Trinajstić information content (AvgIpc) is 2.74. The summed E-state index contributed by atoms with van der Waals surface area (Å²) in [7, 11) is 2.17. The van der Waals surface area contributed by atoms with E-state index in [4.69, 9.17) is 0 Å². The lowest BCUT2D eigenvalue weighted by molar-refractivity contribution is -0.00291. The largest absolute Gasteiger partial charge is 0.395 e. The molecule has 2 fully saturated rings. The van der Waals surface area contributed by atoms with Crippen LogP contribution in [0.25, 0.3) is 0 Å². The van der Waals surface area contributed by atoms with Crippen molar-refractivity contribution in [1.82, 2.24) is 9.80 Å². The van der Waals surface area contributed by atoms with Crippen molar-refractivity contribution in [3.63, 3.8) is 0 Å². The molecule has 0 aromatic rings. The van der Waals surface area contributed by atoms with Crippen LogP contribution in [-0.4, -0.2) is 59.8 Å². The van der Waals surface area contributed by atoms with Crippen molar-refractivity contribution in [3.05, 3.63) is 0 Å². The van der Waals surface area contributed by atoms with Gasteiger partial charge in [-0.15, -0.1) is 0 Å². The number of piperazine rings is 1. The van der Waals surface area contributed by atoms with E-state index in [0.29, 0.717) is 18.7 Å². The summed E-state index contributed by atoms with van der Waals surface area (Å²) in [6.45, 7) is 4.75. The van der Waals surface area contributed by atoms with Crippen LogP contribution >= 0.6 is 0 Å². The highest BCUT2D eigenvalue weighted by atomic mass is 16.3. The summed E-state index contributed by atoms with van der Waals surface area (Å²) in [5, 5.41) is 9.46. The number of rotatable bonds is 2. The van der Waals surface area contributed by atoms with E-state index in [1.54, 1.807) is 0 Å². The SMILES string of the molecule is CC1CN(C2CCCC2)C(CO)CN1C. The fraction of sp³-hybridized carbons (Fsp3) is 1.00. The third kappa shape index (κ3) is 2.35. The molecule has 1 aliphatic heterocycles. The van der Waals surface area contributed by atoms with Crippen molar-refractivity contribution in [2.75, 3.05) is 26.7 Å². The van der Waals surface area contributed by atoms with E-state index in [-0.39, 0.29) is 0 Å². The van der Waals surface area contributed by atoms with E-state index in [0.717, 1.165) is 19.1 Å². The number of aliphatic hydroxyl groups excluding tert-OH is 1. The van der Waals surface area contributed by atoms with E-state index in [1.165, 1.54) is 25.7 Å². The second-order valence-corrected chi connectivity index (χ2v) is 5.26. The molecule has 2 aliphatic rings. The van der Waals surface area contributed by atoms with Crippen LogP contribution < -0.4 is 0 Å². The van der Waals surface area contributed by atoms with Gasteiger partial charge < -0.3 is 10.0 Å². The van der Waals surface area contributed by atoms with Crippen LogP contribution in [0.5, 0.6) is 0 Å². The molecule has 1 heterocycles. The summed E-state index contributed by atoms with van der Waals surface area (Å²) < 4.78 is 0. The summed E-state index contributed by atoms with van der Waals surface area (Å²) in [5.74, 6) is 0. The Balaban J connectivity index is 2.00. The van der Waals surface area contributed by atoms with E-state index in [2.05, 4.69) is 23.8 Å². The van der Waals surface area contributed by atoms with Crippen molar-refractivity contribution < 1.29 is 5.11 Å². The van der Waals surface area contributed by atoms with Gasteiger partial charge in [-0.2, -0.15) is 0 Å². The molecular formula is C12H24N2O. The second kappa shape index (κ2) is 4.81. The third-order valence-electron chi connectivity index (χ3n) is 4.20. The van der Waals surface area contributed by atoms with Crippen LogP contribution in [0.3, 0.4) is 0 Å². The molecule has 88 valence electrons. The molecule has 0 radical (unpaired) electrons. The Kier molecular flexibility index (Phi) is 3.65. The number of likely N-dealkylation sites (N-methyl/N-ethyl adjacent to an activating group) is 1. The number of hydrogen-bond donors (Lipinski definition) is 1. The van der Waals surface area contributed by atoms with Gasteiger partial charge in [0.1, 0.15) is 0 Å². The number of aliphatic hydroxyl groups is 1. The third-order valence-corrected chi connectivity index (χ3v) is 4.20. The van der Waals surface area contributed by atoms with Gasteiger partial charge >= 0.3 is 0 Å². The first kappa shape index (κ1) is 11.4. The van der Waals surface area contributed by atoms with Gasteiger partial charge in [0.05, 0.1) is 6.61 Å². The van der Waals surface area contributed by atoms with Crippen LogP contribution in [0, 0.1) is 0 Å². The minimum Gasteiger partial charge on any atom is -0.395 e. The Morgan fingerprint density at radius 1 is 1.20 bits per heavy atom. The Morgan fingerprint density at radius 3 is 2.47 bits per heavy atom. The zero-order valence-electron chi connectivity index (χ0n) is 10.0. The van der Waals surface area contributed by atoms with Gasteiger partial charge in [0.15, 0.2) is 0 Å². The molecule has 0 amide bonds. The van der Waals surface area contributed by atoms with Crippen LogP contribution in [0.15, 0.2) is 0 Å². The fourth-order valence-corrected chi connectivity index (χ4v) is 3.06. The lowest BCUT2D eigenvalue weighted by Gasteiger charge is -2.46. The first-order valence-corrected chi connectivity index (χ1v) is 6.29. The van der Waals surface area contributed by atoms with Gasteiger partial charge in [-0.05, 0) is 26.8 Å². The maximum absolute atomic E-state index is 9.46. The lowest BCUT2D eigenvalue weighted by Crippen LogP contribution is -2.59. The molecule has 0 spiro atoms. The molecule has 0 aromatic carbocycles. The summed E-state index contributed by atoms with van der Waals surface area (Å²) in [5.41, 5.74) is 0. The van der Waals surface area contributed by atoms with Crippen LogP contribution in [0.1, 0.15) is 32.6 Å². The molecule has 1 saturated carbocycles. The van der Waals surface area contributed by atoms with E-state index < -0.39 is 0 Å². The Bertz CT molecular complexity index is 204. The van der Waals surface area contributed by atoms with Crippen LogP contribution in [0.4, 0.5) is 0 Å². The molecule has 15 heavy (non-hydrogen) atoms. The van der Waals surface area contributed by atoms with Gasteiger partial charge in [-0.3, -0.25) is 4.90 Å². The van der Waals surface area contributed by atoms with Crippen molar-refractivity contribution >= 4 is 0 Å². The Labute approximate surface area is 93.1 Å². The van der Waals surface area contributed by atoms with Gasteiger partial charge in [-0.1, -0.05) is 12.8 Å². The van der Waals surface area contributed by atoms with Gasteiger partial charge in [0.25, 0.3) is 0 Å². The second-order valence-electron chi connectivity index (χ2n) is 5.26. The highest BCUT2D eigenvalue weighted by Crippen LogP contribution is 2.27. The maximum Gasteiger partial charge on any atom is 0.0599 e. The highest BCUT2D eigenvalue weighted by Gasteiger charge is 2.34. The summed E-state index contributed by atoms with van der Waals surface area (Å²) in [6, 6.07) is 1.75. The van der Waals surface area contributed by atoms with Gasteiger partial charge in [-0.25, -0.2) is 0 Å². The molecule has 3 nitrogen and oxygen atoms in total. The van der Waals surface area contributed by atoms with E-state index in [9.17, 15) is 5.11 Å². The molecule has 0 aromatic heterocycles. The minimum atomic E-state index is 0.313. The number of nitrogens with zero attached hydrogens (tertiary/aromatic N) is 2. The van der Waals surface area contributed by atoms with Crippen molar-refractivity contribution in [2.24, 2.45) is 0 Å². The predicted molar refractivity (Wildman–Crippen MR) is 61.9 cm³/mol. The molecular weight excluding hydrogens is 188 g/mol.